The van der Waals surface area contributed by atoms with E-state index in [4.69, 9.17) is 11.6 Å². The van der Waals surface area contributed by atoms with Crippen LogP contribution in [-0.2, 0) is 0 Å². The Labute approximate surface area is 155 Å². The summed E-state index contributed by atoms with van der Waals surface area (Å²) < 4.78 is 40.2. The monoisotopic (exact) mass is 384 g/mol. The third-order valence-corrected chi connectivity index (χ3v) is 5.59. The van der Waals surface area contributed by atoms with Gasteiger partial charge in [0.25, 0.3) is 0 Å². The SMILES string of the molecule is Cc1nc2c(C#N)c(C3CCC(C(F)(F)F)CC3)nn2c(Cl)c1C(C)C. The second-order valence-electron chi connectivity index (χ2n) is 7.25. The van der Waals surface area contributed by atoms with Crippen LogP contribution in [0, 0.1) is 24.2 Å². The highest BCUT2D eigenvalue weighted by atomic mass is 35.5. The molecule has 0 aromatic carbocycles. The van der Waals surface area contributed by atoms with E-state index in [-0.39, 0.29) is 24.7 Å². The van der Waals surface area contributed by atoms with Crippen LogP contribution in [0.4, 0.5) is 13.2 Å². The van der Waals surface area contributed by atoms with Crippen molar-refractivity contribution in [3.63, 3.8) is 0 Å². The Balaban J connectivity index is 2.03. The molecule has 2 aromatic rings. The van der Waals surface area contributed by atoms with E-state index in [1.165, 1.54) is 4.52 Å². The summed E-state index contributed by atoms with van der Waals surface area (Å²) >= 11 is 6.51. The lowest BCUT2D eigenvalue weighted by atomic mass is 9.79. The van der Waals surface area contributed by atoms with Crippen LogP contribution in [0.25, 0.3) is 5.65 Å². The van der Waals surface area contributed by atoms with E-state index in [9.17, 15) is 18.4 Å². The average molecular weight is 385 g/mol. The molecule has 0 aliphatic heterocycles. The van der Waals surface area contributed by atoms with Gasteiger partial charge in [0.2, 0.25) is 0 Å². The summed E-state index contributed by atoms with van der Waals surface area (Å²) in [6, 6.07) is 2.13. The lowest BCUT2D eigenvalue weighted by Gasteiger charge is -2.29. The van der Waals surface area contributed by atoms with Crippen molar-refractivity contribution >= 4 is 17.2 Å². The largest absolute Gasteiger partial charge is 0.391 e. The van der Waals surface area contributed by atoms with E-state index in [2.05, 4.69) is 16.2 Å². The van der Waals surface area contributed by atoms with Gasteiger partial charge in [0.15, 0.2) is 5.65 Å². The first-order valence-electron chi connectivity index (χ1n) is 8.70. The summed E-state index contributed by atoms with van der Waals surface area (Å²) in [7, 11) is 0. The van der Waals surface area contributed by atoms with Gasteiger partial charge < -0.3 is 0 Å². The van der Waals surface area contributed by atoms with Crippen LogP contribution in [0.1, 0.15) is 73.9 Å². The highest BCUT2D eigenvalue weighted by Gasteiger charge is 2.42. The summed E-state index contributed by atoms with van der Waals surface area (Å²) in [5, 5.41) is 14.5. The number of halogens is 4. The topological polar surface area (TPSA) is 54.0 Å². The van der Waals surface area contributed by atoms with Gasteiger partial charge in [0.05, 0.1) is 11.6 Å². The number of aromatic nitrogens is 3. The molecule has 1 aliphatic carbocycles. The zero-order chi connectivity index (χ0) is 19.2. The Bertz CT molecular complexity index is 871. The van der Waals surface area contributed by atoms with E-state index in [0.717, 1.165) is 11.3 Å². The summed E-state index contributed by atoms with van der Waals surface area (Å²) in [6.07, 6.45) is -3.32. The van der Waals surface area contributed by atoms with Crippen LogP contribution in [0.3, 0.4) is 0 Å². The lowest BCUT2D eigenvalue weighted by Crippen LogP contribution is -2.27. The van der Waals surface area contributed by atoms with E-state index in [1.54, 1.807) is 0 Å². The highest BCUT2D eigenvalue weighted by molar-refractivity contribution is 6.30. The molecule has 140 valence electrons. The summed E-state index contributed by atoms with van der Waals surface area (Å²) in [4.78, 5) is 4.51. The molecule has 1 aliphatic rings. The molecule has 2 aromatic heterocycles. The average Bonchev–Trinajstić information content (AvgIpc) is 2.92. The summed E-state index contributed by atoms with van der Waals surface area (Å²) in [6.45, 7) is 5.83. The minimum Gasteiger partial charge on any atom is -0.232 e. The number of fused-ring (bicyclic) bond motifs is 1. The van der Waals surface area contributed by atoms with Crippen molar-refractivity contribution in [1.82, 2.24) is 14.6 Å². The maximum Gasteiger partial charge on any atom is 0.391 e. The molecule has 0 atom stereocenters. The van der Waals surface area contributed by atoms with Gasteiger partial charge >= 0.3 is 6.18 Å². The molecule has 1 fully saturated rings. The van der Waals surface area contributed by atoms with E-state index < -0.39 is 12.1 Å². The van der Waals surface area contributed by atoms with Crippen LogP contribution in [0.15, 0.2) is 0 Å². The molecular weight excluding hydrogens is 365 g/mol. The van der Waals surface area contributed by atoms with Gasteiger partial charge in [0.1, 0.15) is 16.8 Å². The Kier molecular flexibility index (Phi) is 4.91. The van der Waals surface area contributed by atoms with Crippen LogP contribution >= 0.6 is 11.6 Å². The quantitative estimate of drug-likeness (QED) is 0.640. The second-order valence-corrected chi connectivity index (χ2v) is 7.61. The maximum absolute atomic E-state index is 12.9. The van der Waals surface area contributed by atoms with Crippen molar-refractivity contribution in [1.29, 1.82) is 5.26 Å². The van der Waals surface area contributed by atoms with Gasteiger partial charge in [-0.25, -0.2) is 9.50 Å². The Morgan fingerprint density at radius 1 is 1.23 bits per heavy atom. The molecule has 0 bridgehead atoms. The molecular formula is C18H20ClF3N4. The number of rotatable bonds is 2. The summed E-state index contributed by atoms with van der Waals surface area (Å²) in [5.41, 5.74) is 2.82. The van der Waals surface area contributed by atoms with Crippen molar-refractivity contribution in [3.05, 3.63) is 27.7 Å². The van der Waals surface area contributed by atoms with Crippen LogP contribution in [0.5, 0.6) is 0 Å². The molecule has 8 heteroatoms. The Morgan fingerprint density at radius 2 is 1.85 bits per heavy atom. The lowest BCUT2D eigenvalue weighted by molar-refractivity contribution is -0.182. The van der Waals surface area contributed by atoms with Gasteiger partial charge in [-0.05, 0) is 38.5 Å². The van der Waals surface area contributed by atoms with Gasteiger partial charge in [-0.1, -0.05) is 25.4 Å². The molecule has 0 radical (unpaired) electrons. The number of hydrogen-bond donors (Lipinski definition) is 0. The standard InChI is InChI=1S/C18H20ClF3N4/c1-9(2)14-10(3)24-17-13(8-23)15(25-26(17)16(14)19)11-4-6-12(7-5-11)18(20,21)22/h9,11-12H,4-7H2,1-3H3. The van der Waals surface area contributed by atoms with Crippen LogP contribution < -0.4 is 0 Å². The molecule has 2 heterocycles. The third-order valence-electron chi connectivity index (χ3n) is 5.23. The molecule has 1 saturated carbocycles. The molecule has 0 N–H and O–H groups in total. The number of nitrogens with zero attached hydrogens (tertiary/aromatic N) is 4. The van der Waals surface area contributed by atoms with Gasteiger partial charge in [-0.2, -0.15) is 23.5 Å². The zero-order valence-electron chi connectivity index (χ0n) is 14.9. The van der Waals surface area contributed by atoms with Crippen molar-refractivity contribution < 1.29 is 13.2 Å². The molecule has 0 saturated heterocycles. The van der Waals surface area contributed by atoms with E-state index in [0.29, 0.717) is 34.9 Å². The smallest absolute Gasteiger partial charge is 0.232 e. The zero-order valence-corrected chi connectivity index (χ0v) is 15.6. The fourth-order valence-corrected chi connectivity index (χ4v) is 4.36. The molecule has 3 rings (SSSR count). The van der Waals surface area contributed by atoms with Crippen LogP contribution in [0.2, 0.25) is 5.15 Å². The van der Waals surface area contributed by atoms with Gasteiger partial charge in [0, 0.05) is 17.2 Å². The molecule has 0 spiro atoms. The number of alkyl halides is 3. The first-order valence-corrected chi connectivity index (χ1v) is 9.08. The van der Waals surface area contributed by atoms with Gasteiger partial charge in [-0.3, -0.25) is 0 Å². The minimum atomic E-state index is -4.16. The number of aryl methyl sites for hydroxylation is 1. The fourth-order valence-electron chi connectivity index (χ4n) is 3.89. The molecule has 0 unspecified atom stereocenters. The summed E-state index contributed by atoms with van der Waals surface area (Å²) in [5.74, 6) is -1.30. The highest BCUT2D eigenvalue weighted by Crippen LogP contribution is 2.43. The molecule has 26 heavy (non-hydrogen) atoms. The molecule has 4 nitrogen and oxygen atoms in total. The maximum atomic E-state index is 12.9. The van der Waals surface area contributed by atoms with E-state index >= 15 is 0 Å². The Hall–Kier alpha value is -1.81. The first-order chi connectivity index (χ1) is 12.1. The van der Waals surface area contributed by atoms with Crippen molar-refractivity contribution in [2.45, 2.75) is 64.5 Å². The number of nitriles is 1. The minimum absolute atomic E-state index is 0.0599. The normalized spacial score (nSPS) is 21.3. The fraction of sp³-hybridized carbons (Fsp3) is 0.611. The number of hydrogen-bond acceptors (Lipinski definition) is 3. The first kappa shape index (κ1) is 19.0. The van der Waals surface area contributed by atoms with Crippen LogP contribution in [-0.4, -0.2) is 20.8 Å². The van der Waals surface area contributed by atoms with Crippen molar-refractivity contribution in [3.8, 4) is 6.07 Å². The van der Waals surface area contributed by atoms with Crippen molar-refractivity contribution in [2.75, 3.05) is 0 Å². The van der Waals surface area contributed by atoms with Gasteiger partial charge in [-0.15, -0.1) is 0 Å². The molecule has 0 amide bonds. The van der Waals surface area contributed by atoms with E-state index in [1.807, 2.05) is 20.8 Å². The Morgan fingerprint density at radius 3 is 2.35 bits per heavy atom. The predicted octanol–water partition coefficient (Wildman–Crippen LogP) is 5.52. The second kappa shape index (κ2) is 6.73. The third kappa shape index (κ3) is 3.16. The predicted molar refractivity (Wildman–Crippen MR) is 92.3 cm³/mol. The van der Waals surface area contributed by atoms with Crippen molar-refractivity contribution in [2.24, 2.45) is 5.92 Å².